The monoisotopic (exact) mass is 360 g/mol. The number of aromatic nitrogens is 2. The van der Waals surface area contributed by atoms with E-state index in [1.54, 1.807) is 19.4 Å². The number of anilines is 1. The van der Waals surface area contributed by atoms with E-state index in [2.05, 4.69) is 11.1 Å². The number of ether oxygens (including phenoxy) is 1. The third kappa shape index (κ3) is 4.52. The third-order valence-electron chi connectivity index (χ3n) is 5.09. The molecule has 2 heterocycles. The van der Waals surface area contributed by atoms with Crippen LogP contribution in [0.4, 0.5) is 5.82 Å². The van der Waals surface area contributed by atoms with Crippen LogP contribution < -0.4 is 10.5 Å². The van der Waals surface area contributed by atoms with E-state index in [-0.39, 0.29) is 17.6 Å². The van der Waals surface area contributed by atoms with Gasteiger partial charge >= 0.3 is 0 Å². The molecule has 1 fully saturated rings. The van der Waals surface area contributed by atoms with Crippen molar-refractivity contribution in [2.45, 2.75) is 38.2 Å². The lowest BCUT2D eigenvalue weighted by molar-refractivity contribution is -0.137. The first kappa shape index (κ1) is 18.6. The molecular weight excluding hydrogens is 332 g/mol. The summed E-state index contributed by atoms with van der Waals surface area (Å²) in [5, 5.41) is 0. The van der Waals surface area contributed by atoms with Crippen molar-refractivity contribution in [3.05, 3.63) is 34.4 Å². The Balaban J connectivity index is 1.57. The van der Waals surface area contributed by atoms with Crippen LogP contribution in [0, 0.1) is 0 Å². The Hall–Kier alpha value is -2.15. The van der Waals surface area contributed by atoms with Gasteiger partial charge in [-0.3, -0.25) is 9.59 Å². The molecule has 26 heavy (non-hydrogen) atoms. The van der Waals surface area contributed by atoms with Gasteiger partial charge in [-0.15, -0.1) is 0 Å². The number of morpholine rings is 1. The normalized spacial score (nSPS) is 20.6. The molecule has 0 aromatic carbocycles. The van der Waals surface area contributed by atoms with Crippen LogP contribution in [-0.2, 0) is 16.6 Å². The van der Waals surface area contributed by atoms with Gasteiger partial charge in [-0.1, -0.05) is 11.6 Å². The van der Waals surface area contributed by atoms with E-state index < -0.39 is 0 Å². The van der Waals surface area contributed by atoms with Crippen molar-refractivity contribution in [3.63, 3.8) is 0 Å². The molecule has 7 heteroatoms. The molecule has 1 aromatic rings. The van der Waals surface area contributed by atoms with Crippen molar-refractivity contribution in [2.24, 2.45) is 7.05 Å². The zero-order valence-corrected chi connectivity index (χ0v) is 15.7. The Morgan fingerprint density at radius 3 is 3.04 bits per heavy atom. The second kappa shape index (κ2) is 8.49. The molecule has 1 aliphatic heterocycles. The van der Waals surface area contributed by atoms with Crippen molar-refractivity contribution in [1.29, 1.82) is 0 Å². The molecule has 7 nitrogen and oxygen atoms in total. The SMILES string of the molecule is CN(C[C@@H]1CN(C(=O)CC2=CCCCC2)CCO1)c1nccn(C)c1=O. The smallest absolute Gasteiger partial charge is 0.293 e. The molecule has 0 saturated carbocycles. The summed E-state index contributed by atoms with van der Waals surface area (Å²) in [7, 11) is 3.54. The van der Waals surface area contributed by atoms with Gasteiger partial charge in [0, 0.05) is 52.5 Å². The maximum atomic E-state index is 12.6. The fraction of sp³-hybridized carbons (Fsp3) is 0.632. The zero-order chi connectivity index (χ0) is 18.5. The molecule has 1 aliphatic carbocycles. The van der Waals surface area contributed by atoms with Gasteiger partial charge in [0.2, 0.25) is 5.91 Å². The molecule has 1 atom stereocenters. The molecule has 0 radical (unpaired) electrons. The Bertz CT molecular complexity index is 728. The number of carbonyl (C=O) groups is 1. The summed E-state index contributed by atoms with van der Waals surface area (Å²) >= 11 is 0. The molecule has 1 aromatic heterocycles. The summed E-state index contributed by atoms with van der Waals surface area (Å²) in [6.07, 6.45) is 10.5. The van der Waals surface area contributed by atoms with Crippen molar-refractivity contribution < 1.29 is 9.53 Å². The number of allylic oxidation sites excluding steroid dienone is 1. The van der Waals surface area contributed by atoms with Crippen molar-refractivity contribution in [3.8, 4) is 0 Å². The van der Waals surface area contributed by atoms with Gasteiger partial charge in [0.15, 0.2) is 5.82 Å². The molecule has 0 spiro atoms. The van der Waals surface area contributed by atoms with Crippen molar-refractivity contribution in [1.82, 2.24) is 14.5 Å². The maximum absolute atomic E-state index is 12.6. The van der Waals surface area contributed by atoms with E-state index in [1.807, 2.05) is 16.8 Å². The minimum Gasteiger partial charge on any atom is -0.373 e. The lowest BCUT2D eigenvalue weighted by Gasteiger charge is -2.35. The van der Waals surface area contributed by atoms with Crippen LogP contribution in [0.1, 0.15) is 32.1 Å². The number of hydrogen-bond acceptors (Lipinski definition) is 5. The second-order valence-corrected chi connectivity index (χ2v) is 7.16. The van der Waals surface area contributed by atoms with Gasteiger partial charge in [0.1, 0.15) is 0 Å². The third-order valence-corrected chi connectivity index (χ3v) is 5.09. The fourth-order valence-corrected chi connectivity index (χ4v) is 3.57. The van der Waals surface area contributed by atoms with Crippen molar-refractivity contribution in [2.75, 3.05) is 38.2 Å². The first-order chi connectivity index (χ1) is 12.5. The van der Waals surface area contributed by atoms with Crippen molar-refractivity contribution >= 4 is 11.7 Å². The molecular formula is C19H28N4O3. The van der Waals surface area contributed by atoms with E-state index in [1.165, 1.54) is 23.0 Å². The predicted molar refractivity (Wildman–Crippen MR) is 100 cm³/mol. The number of carbonyl (C=O) groups excluding carboxylic acids is 1. The summed E-state index contributed by atoms with van der Waals surface area (Å²) in [5.41, 5.74) is 1.14. The van der Waals surface area contributed by atoms with Crippen LogP contribution in [0.2, 0.25) is 0 Å². The summed E-state index contributed by atoms with van der Waals surface area (Å²) in [6.45, 7) is 2.25. The van der Waals surface area contributed by atoms with E-state index >= 15 is 0 Å². The highest BCUT2D eigenvalue weighted by molar-refractivity contribution is 5.78. The lowest BCUT2D eigenvalue weighted by atomic mass is 9.97. The standard InChI is InChI=1S/C19H28N4O3/c1-21-9-8-20-18(19(21)25)22(2)13-16-14-23(10-11-26-16)17(24)12-15-6-4-3-5-7-15/h6,8-9,16H,3-5,7,10-14H2,1-2H3/t16-/m1/s1. The molecule has 1 saturated heterocycles. The van der Waals surface area contributed by atoms with E-state index in [9.17, 15) is 9.59 Å². The first-order valence-corrected chi connectivity index (χ1v) is 9.34. The Morgan fingerprint density at radius 1 is 1.42 bits per heavy atom. The van der Waals surface area contributed by atoms with E-state index in [0.717, 1.165) is 12.8 Å². The average Bonchev–Trinajstić information content (AvgIpc) is 2.65. The van der Waals surface area contributed by atoms with E-state index in [4.69, 9.17) is 4.74 Å². The van der Waals surface area contributed by atoms with Crippen LogP contribution >= 0.6 is 0 Å². The van der Waals surface area contributed by atoms with Crippen LogP contribution in [0.25, 0.3) is 0 Å². The summed E-state index contributed by atoms with van der Waals surface area (Å²) in [4.78, 5) is 32.7. The number of nitrogens with zero attached hydrogens (tertiary/aromatic N) is 4. The molecule has 0 N–H and O–H groups in total. The van der Waals surface area contributed by atoms with Crippen LogP contribution in [0.5, 0.6) is 0 Å². The lowest BCUT2D eigenvalue weighted by Crippen LogP contribution is -2.50. The van der Waals surface area contributed by atoms with Gasteiger partial charge in [0.25, 0.3) is 5.56 Å². The number of hydrogen-bond donors (Lipinski definition) is 0. The van der Waals surface area contributed by atoms with Crippen LogP contribution in [0.3, 0.4) is 0 Å². The fourth-order valence-electron chi connectivity index (χ4n) is 3.57. The molecule has 0 bridgehead atoms. The van der Waals surface area contributed by atoms with E-state index in [0.29, 0.717) is 38.5 Å². The topological polar surface area (TPSA) is 67.7 Å². The second-order valence-electron chi connectivity index (χ2n) is 7.16. The highest BCUT2D eigenvalue weighted by atomic mass is 16.5. The molecule has 2 aliphatic rings. The Kier molecular flexibility index (Phi) is 6.08. The summed E-state index contributed by atoms with van der Waals surface area (Å²) < 4.78 is 7.33. The van der Waals surface area contributed by atoms with Gasteiger partial charge < -0.3 is 19.1 Å². The van der Waals surface area contributed by atoms with Gasteiger partial charge in [-0.25, -0.2) is 4.98 Å². The number of amides is 1. The quantitative estimate of drug-likeness (QED) is 0.741. The summed E-state index contributed by atoms with van der Waals surface area (Å²) in [5.74, 6) is 0.581. The Labute approximate surface area is 154 Å². The average molecular weight is 360 g/mol. The largest absolute Gasteiger partial charge is 0.373 e. The van der Waals surface area contributed by atoms with Crippen LogP contribution in [0.15, 0.2) is 28.8 Å². The minimum atomic E-state index is -0.136. The maximum Gasteiger partial charge on any atom is 0.293 e. The number of likely N-dealkylation sites (N-methyl/N-ethyl adjacent to an activating group) is 1. The predicted octanol–water partition coefficient (Wildman–Crippen LogP) is 1.33. The van der Waals surface area contributed by atoms with Gasteiger partial charge in [-0.2, -0.15) is 0 Å². The number of rotatable bonds is 5. The summed E-state index contributed by atoms with van der Waals surface area (Å²) in [6, 6.07) is 0. The molecule has 3 rings (SSSR count). The van der Waals surface area contributed by atoms with Gasteiger partial charge in [0.05, 0.1) is 12.7 Å². The molecule has 142 valence electrons. The molecule has 0 unspecified atom stereocenters. The number of aryl methyl sites for hydroxylation is 1. The van der Waals surface area contributed by atoms with Crippen LogP contribution in [-0.4, -0.2) is 59.8 Å². The Morgan fingerprint density at radius 2 is 2.27 bits per heavy atom. The minimum absolute atomic E-state index is 0.121. The molecule has 1 amide bonds. The highest BCUT2D eigenvalue weighted by Gasteiger charge is 2.26. The van der Waals surface area contributed by atoms with Gasteiger partial charge in [-0.05, 0) is 25.7 Å². The first-order valence-electron chi connectivity index (χ1n) is 9.34. The highest BCUT2D eigenvalue weighted by Crippen LogP contribution is 2.21. The zero-order valence-electron chi connectivity index (χ0n) is 15.7.